The van der Waals surface area contributed by atoms with Crippen LogP contribution in [0.25, 0.3) is 0 Å². The number of allylic oxidation sites excluding steroid dienone is 2. The summed E-state index contributed by atoms with van der Waals surface area (Å²) < 4.78 is 0. The minimum absolute atomic E-state index is 0.0652. The highest BCUT2D eigenvalue weighted by molar-refractivity contribution is 6.31. The van der Waals surface area contributed by atoms with E-state index >= 15 is 0 Å². The maximum Gasteiger partial charge on any atom is 0.198 e. The fraction of sp³-hybridized carbons (Fsp3) is 0.259. The van der Waals surface area contributed by atoms with Gasteiger partial charge in [0.15, 0.2) is 11.6 Å². The summed E-state index contributed by atoms with van der Waals surface area (Å²) in [6.45, 7) is 1.65. The lowest BCUT2D eigenvalue weighted by molar-refractivity contribution is 0.0603. The van der Waals surface area contributed by atoms with Gasteiger partial charge in [0.2, 0.25) is 0 Å². The second-order valence-corrected chi connectivity index (χ2v) is 9.03. The van der Waals surface area contributed by atoms with Crippen molar-refractivity contribution in [3.8, 4) is 29.4 Å². The molecule has 0 unspecified atom stereocenters. The smallest absolute Gasteiger partial charge is 0.198 e. The molecule has 4 aliphatic rings. The van der Waals surface area contributed by atoms with Crippen molar-refractivity contribution in [2.24, 2.45) is 5.41 Å². The number of aliphatic hydroxyl groups excluding tert-OH is 2. The summed E-state index contributed by atoms with van der Waals surface area (Å²) in [4.78, 5) is 26.9. The minimum Gasteiger partial charge on any atom is -0.507 e. The Kier molecular flexibility index (Phi) is 3.82. The van der Waals surface area contributed by atoms with Gasteiger partial charge >= 0.3 is 0 Å². The molecule has 1 heterocycles. The number of phenolic OH excluding ortho intramolecular Hbond substituents is 1. The average Bonchev–Trinajstić information content (AvgIpc) is 3.53. The molecule has 1 fully saturated rings. The number of aliphatic hydroxyl groups is 2. The van der Waals surface area contributed by atoms with Crippen LogP contribution < -0.4 is 5.32 Å². The molecule has 0 amide bonds. The van der Waals surface area contributed by atoms with E-state index in [-0.39, 0.29) is 33.8 Å². The fourth-order valence-electron chi connectivity index (χ4n) is 6.06. The van der Waals surface area contributed by atoms with Crippen molar-refractivity contribution in [3.63, 3.8) is 0 Å². The molecule has 3 aliphatic carbocycles. The molecule has 1 saturated carbocycles. The summed E-state index contributed by atoms with van der Waals surface area (Å²) in [7, 11) is 0. The third kappa shape index (κ3) is 2.22. The van der Waals surface area contributed by atoms with Crippen LogP contribution in [-0.2, 0) is 5.41 Å². The number of ketones is 2. The highest BCUT2D eigenvalue weighted by Gasteiger charge is 2.79. The highest BCUT2D eigenvalue weighted by Crippen LogP contribution is 2.74. The molecule has 4 N–H and O–H groups in total. The van der Waals surface area contributed by atoms with Crippen LogP contribution in [0.5, 0.6) is 5.75 Å². The van der Waals surface area contributed by atoms with Gasteiger partial charge in [-0.1, -0.05) is 47.9 Å². The zero-order valence-electron chi connectivity index (χ0n) is 17.6. The summed E-state index contributed by atoms with van der Waals surface area (Å²) in [5.74, 6) is 10.5. The van der Waals surface area contributed by atoms with Gasteiger partial charge in [0, 0.05) is 22.0 Å². The molecule has 2 aromatic carbocycles. The fourth-order valence-corrected chi connectivity index (χ4v) is 6.06. The lowest BCUT2D eigenvalue weighted by atomic mass is 9.69. The number of phenols is 1. The molecule has 2 bridgehead atoms. The normalized spacial score (nSPS) is 31.6. The van der Waals surface area contributed by atoms with Gasteiger partial charge in [-0.05, 0) is 37.1 Å². The second-order valence-electron chi connectivity index (χ2n) is 9.03. The van der Waals surface area contributed by atoms with E-state index in [4.69, 9.17) is 0 Å². The predicted molar refractivity (Wildman–Crippen MR) is 120 cm³/mol. The molecule has 0 spiro atoms. The van der Waals surface area contributed by atoms with Crippen molar-refractivity contribution in [1.29, 1.82) is 0 Å². The minimum atomic E-state index is -1.18. The Morgan fingerprint density at radius 1 is 1.06 bits per heavy atom. The first kappa shape index (κ1) is 19.8. The van der Waals surface area contributed by atoms with Gasteiger partial charge < -0.3 is 20.6 Å². The van der Waals surface area contributed by atoms with E-state index in [0.717, 1.165) is 0 Å². The van der Waals surface area contributed by atoms with Gasteiger partial charge in [-0.15, -0.1) is 0 Å². The average molecular weight is 437 g/mol. The molecular weight excluding hydrogens is 418 g/mol. The number of aromatic hydroxyl groups is 1. The van der Waals surface area contributed by atoms with Gasteiger partial charge in [0.05, 0.1) is 29.0 Å². The summed E-state index contributed by atoms with van der Waals surface area (Å²) in [5.41, 5.74) is -0.628. The molecule has 33 heavy (non-hydrogen) atoms. The number of anilines is 1. The Labute approximate surface area is 190 Å². The Morgan fingerprint density at radius 3 is 2.36 bits per heavy atom. The van der Waals surface area contributed by atoms with Crippen LogP contribution in [0, 0.1) is 29.1 Å². The number of rotatable bonds is 1. The van der Waals surface area contributed by atoms with E-state index < -0.39 is 34.9 Å². The number of hydrogen-bond donors (Lipinski definition) is 4. The lowest BCUT2D eigenvalue weighted by Gasteiger charge is -2.42. The zero-order valence-corrected chi connectivity index (χ0v) is 17.6. The van der Waals surface area contributed by atoms with E-state index in [1.807, 2.05) is 0 Å². The molecule has 0 aromatic heterocycles. The van der Waals surface area contributed by atoms with E-state index in [1.54, 1.807) is 43.3 Å². The first-order chi connectivity index (χ1) is 15.8. The van der Waals surface area contributed by atoms with Crippen molar-refractivity contribution in [3.05, 3.63) is 70.3 Å². The third-order valence-electron chi connectivity index (χ3n) is 7.65. The molecule has 5 atom stereocenters. The van der Waals surface area contributed by atoms with Crippen LogP contribution in [0.1, 0.15) is 50.8 Å². The van der Waals surface area contributed by atoms with Gasteiger partial charge in [0.25, 0.3) is 0 Å². The van der Waals surface area contributed by atoms with Crippen molar-refractivity contribution in [2.75, 3.05) is 5.32 Å². The molecule has 1 aliphatic heterocycles. The molecule has 0 saturated heterocycles. The van der Waals surface area contributed by atoms with Crippen molar-refractivity contribution < 1.29 is 24.9 Å². The van der Waals surface area contributed by atoms with Crippen LogP contribution in [0.15, 0.2) is 42.5 Å². The van der Waals surface area contributed by atoms with Crippen LogP contribution >= 0.6 is 0 Å². The molecular formula is C27H19NO5. The van der Waals surface area contributed by atoms with Gasteiger partial charge in [-0.2, -0.15) is 0 Å². The maximum atomic E-state index is 13.6. The number of carbonyl (C=O) groups excluding carboxylic acids is 2. The van der Waals surface area contributed by atoms with Gasteiger partial charge in [-0.25, -0.2) is 0 Å². The standard InChI is InChI=1S/C27H19NO5/c1-14(29)26-13-27(26)17-12-18(30)21-22(25(33)16-9-7-6-8-15(16)24(21)32)23(17)28-19(26)10-4-2-3-5-11-20(27)31/h2-3,6-9,12,14,19-20,28-31H,13H2,1H3/b3-2-/t14-,19+,20-,26-,27-/m1/s1. The van der Waals surface area contributed by atoms with Crippen LogP contribution in [0.3, 0.4) is 0 Å². The topological polar surface area (TPSA) is 107 Å². The number of hydrogen-bond acceptors (Lipinski definition) is 6. The highest BCUT2D eigenvalue weighted by atomic mass is 16.3. The zero-order chi connectivity index (χ0) is 23.1. The van der Waals surface area contributed by atoms with E-state index in [1.165, 1.54) is 6.07 Å². The number of fused-ring (bicyclic) bond motifs is 4. The molecule has 6 heteroatoms. The van der Waals surface area contributed by atoms with Gasteiger partial charge in [0.1, 0.15) is 11.9 Å². The number of carbonyl (C=O) groups is 2. The van der Waals surface area contributed by atoms with Crippen LogP contribution in [-0.4, -0.2) is 45.1 Å². The third-order valence-corrected chi connectivity index (χ3v) is 7.65. The van der Waals surface area contributed by atoms with E-state index in [0.29, 0.717) is 17.7 Å². The lowest BCUT2D eigenvalue weighted by Crippen LogP contribution is -2.50. The van der Waals surface area contributed by atoms with Crippen molar-refractivity contribution >= 4 is 17.3 Å². The molecule has 0 radical (unpaired) electrons. The summed E-state index contributed by atoms with van der Waals surface area (Å²) in [6.07, 6.45) is 1.42. The quantitative estimate of drug-likeness (QED) is 0.342. The SMILES string of the molecule is C[C@@H](O)[C@@]12C[C@]13c1cc(O)c4c(c1N[C@H]2C#C/C=C\C#C[C@H]3O)C(=O)c1ccccc1C4=O. The molecule has 2 aromatic rings. The first-order valence-corrected chi connectivity index (χ1v) is 10.7. The van der Waals surface area contributed by atoms with Crippen LogP contribution in [0.2, 0.25) is 0 Å². The van der Waals surface area contributed by atoms with Crippen LogP contribution in [0.4, 0.5) is 5.69 Å². The summed E-state index contributed by atoms with van der Waals surface area (Å²) >= 11 is 0. The van der Waals surface area contributed by atoms with E-state index in [9.17, 15) is 24.9 Å². The molecule has 6 rings (SSSR count). The summed E-state index contributed by atoms with van der Waals surface area (Å²) in [6, 6.07) is 7.33. The monoisotopic (exact) mass is 437 g/mol. The Balaban J connectivity index is 1.69. The molecule has 162 valence electrons. The van der Waals surface area contributed by atoms with Crippen molar-refractivity contribution in [1.82, 2.24) is 0 Å². The number of nitrogens with one attached hydrogen (secondary N) is 1. The van der Waals surface area contributed by atoms with Gasteiger partial charge in [-0.3, -0.25) is 9.59 Å². The van der Waals surface area contributed by atoms with Crippen molar-refractivity contribution in [2.45, 2.75) is 37.0 Å². The Hall–Kier alpha value is -3.84. The first-order valence-electron chi connectivity index (χ1n) is 10.7. The largest absolute Gasteiger partial charge is 0.507 e. The number of benzene rings is 2. The Bertz CT molecular complexity index is 1450. The predicted octanol–water partition coefficient (Wildman–Crippen LogP) is 1.91. The maximum absolute atomic E-state index is 13.6. The second kappa shape index (κ2) is 6.36. The molecule has 6 nitrogen and oxygen atoms in total. The van der Waals surface area contributed by atoms with E-state index in [2.05, 4.69) is 29.0 Å². The summed E-state index contributed by atoms with van der Waals surface area (Å²) in [5, 5.41) is 36.4. The Morgan fingerprint density at radius 2 is 1.70 bits per heavy atom.